The molecule has 4 rings (SSSR count). The molecule has 0 heterocycles. The van der Waals surface area contributed by atoms with Crippen molar-refractivity contribution < 1.29 is 8.78 Å². The molecule has 162 valence electrons. The highest BCUT2D eigenvalue weighted by Gasteiger charge is 2.25. The Hall–Kier alpha value is -1.70. The maximum absolute atomic E-state index is 14.0. The van der Waals surface area contributed by atoms with Crippen LogP contribution in [-0.2, 0) is 12.8 Å². The number of hydrogen-bond acceptors (Lipinski definition) is 0. The van der Waals surface area contributed by atoms with E-state index in [4.69, 9.17) is 0 Å². The van der Waals surface area contributed by atoms with Gasteiger partial charge in [-0.2, -0.15) is 0 Å². The van der Waals surface area contributed by atoms with Gasteiger partial charge in [-0.05, 0) is 91.0 Å². The third-order valence-electron chi connectivity index (χ3n) is 7.69. The van der Waals surface area contributed by atoms with Gasteiger partial charge in [-0.25, -0.2) is 8.78 Å². The zero-order chi connectivity index (χ0) is 20.9. The van der Waals surface area contributed by atoms with Gasteiger partial charge in [0.05, 0.1) is 0 Å². The Morgan fingerprint density at radius 2 is 1.47 bits per heavy atom. The van der Waals surface area contributed by atoms with Crippen LogP contribution in [0.5, 0.6) is 0 Å². The molecule has 2 aromatic rings. The van der Waals surface area contributed by atoms with Crippen LogP contribution in [0.1, 0.15) is 105 Å². The maximum Gasteiger partial charge on any atom is 0.162 e. The molecule has 0 nitrogen and oxygen atoms in total. The van der Waals surface area contributed by atoms with Crippen LogP contribution in [0.25, 0.3) is 0 Å². The van der Waals surface area contributed by atoms with Gasteiger partial charge in [0.25, 0.3) is 0 Å². The Balaban J connectivity index is 1.31. The molecule has 0 radical (unpaired) electrons. The molecule has 1 atom stereocenters. The molecule has 0 saturated heterocycles. The normalized spacial score (nSPS) is 23.9. The van der Waals surface area contributed by atoms with Gasteiger partial charge in [-0.15, -0.1) is 0 Å². The fourth-order valence-electron chi connectivity index (χ4n) is 5.75. The second-order valence-corrected chi connectivity index (χ2v) is 9.67. The zero-order valence-corrected chi connectivity index (χ0v) is 18.4. The summed E-state index contributed by atoms with van der Waals surface area (Å²) in [7, 11) is 0. The summed E-state index contributed by atoms with van der Waals surface area (Å²) in [5.41, 5.74) is 4.41. The van der Waals surface area contributed by atoms with Crippen molar-refractivity contribution in [2.75, 3.05) is 0 Å². The number of benzene rings is 2. The number of fused-ring (bicyclic) bond motifs is 1. The fourth-order valence-corrected chi connectivity index (χ4v) is 5.75. The van der Waals surface area contributed by atoms with Gasteiger partial charge in [0.1, 0.15) is 0 Å². The van der Waals surface area contributed by atoms with Crippen molar-refractivity contribution in [1.29, 1.82) is 0 Å². The number of hydrogen-bond donors (Lipinski definition) is 0. The van der Waals surface area contributed by atoms with E-state index in [1.807, 2.05) is 0 Å². The molecule has 2 aromatic carbocycles. The summed E-state index contributed by atoms with van der Waals surface area (Å²) in [6, 6.07) is 12.3. The van der Waals surface area contributed by atoms with Crippen LogP contribution in [-0.4, -0.2) is 0 Å². The van der Waals surface area contributed by atoms with E-state index in [9.17, 15) is 8.78 Å². The van der Waals surface area contributed by atoms with E-state index in [2.05, 4.69) is 31.2 Å². The molecular weight excluding hydrogens is 374 g/mol. The highest BCUT2D eigenvalue weighted by molar-refractivity contribution is 5.36. The monoisotopic (exact) mass is 410 g/mol. The molecule has 0 spiro atoms. The van der Waals surface area contributed by atoms with Crippen LogP contribution in [0, 0.1) is 17.6 Å². The van der Waals surface area contributed by atoms with Crippen molar-refractivity contribution in [3.05, 3.63) is 70.3 Å². The van der Waals surface area contributed by atoms with Crippen LogP contribution < -0.4 is 0 Å². The summed E-state index contributed by atoms with van der Waals surface area (Å²) in [6.45, 7) is 2.28. The number of unbranched alkanes of at least 4 members (excludes halogenated alkanes) is 3. The van der Waals surface area contributed by atoms with Gasteiger partial charge < -0.3 is 0 Å². The Morgan fingerprint density at radius 3 is 2.17 bits per heavy atom. The summed E-state index contributed by atoms with van der Waals surface area (Å²) in [5, 5.41) is 0. The van der Waals surface area contributed by atoms with E-state index in [0.717, 1.165) is 30.2 Å². The molecule has 1 fully saturated rings. The van der Waals surface area contributed by atoms with Crippen molar-refractivity contribution in [2.45, 2.75) is 95.8 Å². The van der Waals surface area contributed by atoms with E-state index in [-0.39, 0.29) is 0 Å². The maximum atomic E-state index is 14.0. The average Bonchev–Trinajstić information content (AvgIpc) is 2.80. The Kier molecular flexibility index (Phi) is 7.23. The highest BCUT2D eigenvalue weighted by Crippen LogP contribution is 2.39. The fraction of sp³-hybridized carbons (Fsp3) is 0.571. The van der Waals surface area contributed by atoms with Gasteiger partial charge in [0.2, 0.25) is 0 Å². The van der Waals surface area contributed by atoms with Crippen molar-refractivity contribution in [2.24, 2.45) is 5.92 Å². The molecular formula is C28H36F2. The Morgan fingerprint density at radius 1 is 0.767 bits per heavy atom. The Bertz CT molecular complexity index is 815. The molecule has 2 aliphatic carbocycles. The molecule has 2 aliphatic rings. The molecule has 0 aromatic heterocycles. The topological polar surface area (TPSA) is 0 Å². The average molecular weight is 411 g/mol. The van der Waals surface area contributed by atoms with Crippen molar-refractivity contribution in [1.82, 2.24) is 0 Å². The van der Waals surface area contributed by atoms with Crippen molar-refractivity contribution >= 4 is 0 Å². The molecule has 0 N–H and O–H groups in total. The molecule has 0 amide bonds. The summed E-state index contributed by atoms with van der Waals surface area (Å²) in [5.74, 6) is 0.727. The lowest BCUT2D eigenvalue weighted by atomic mass is 9.76. The number of halogens is 2. The third kappa shape index (κ3) is 4.95. The van der Waals surface area contributed by atoms with E-state index < -0.39 is 11.6 Å². The standard InChI is InChI=1S/C28H36F2/c1-2-3-4-5-6-20-7-9-21(10-8-20)22-11-13-23(14-12-22)24-15-17-26-25(19-24)16-18-27(29)28(26)30/h11-14,16,18,20-21,24H,2-10,15,17,19H2,1H3. The molecule has 1 saturated carbocycles. The molecule has 1 unspecified atom stereocenters. The summed E-state index contributed by atoms with van der Waals surface area (Å²) < 4.78 is 27.5. The molecule has 30 heavy (non-hydrogen) atoms. The van der Waals surface area contributed by atoms with Gasteiger partial charge in [-0.1, -0.05) is 69.4 Å². The molecule has 2 heteroatoms. The van der Waals surface area contributed by atoms with Crippen molar-refractivity contribution in [3.8, 4) is 0 Å². The van der Waals surface area contributed by atoms with E-state index in [0.29, 0.717) is 17.9 Å². The quantitative estimate of drug-likeness (QED) is 0.401. The van der Waals surface area contributed by atoms with Gasteiger partial charge in [0.15, 0.2) is 11.6 Å². The second-order valence-electron chi connectivity index (χ2n) is 9.67. The van der Waals surface area contributed by atoms with Crippen molar-refractivity contribution in [3.63, 3.8) is 0 Å². The minimum atomic E-state index is -0.716. The zero-order valence-electron chi connectivity index (χ0n) is 18.4. The minimum absolute atomic E-state index is 0.412. The lowest BCUT2D eigenvalue weighted by Crippen LogP contribution is -2.15. The Labute approximate surface area is 181 Å². The lowest BCUT2D eigenvalue weighted by molar-refractivity contribution is 0.302. The highest BCUT2D eigenvalue weighted by atomic mass is 19.2. The SMILES string of the molecule is CCCCCCC1CCC(c2ccc(C3CCc4c(ccc(F)c4F)C3)cc2)CC1. The van der Waals surface area contributed by atoms with E-state index >= 15 is 0 Å². The lowest BCUT2D eigenvalue weighted by Gasteiger charge is -2.29. The van der Waals surface area contributed by atoms with E-state index in [1.165, 1.54) is 75.0 Å². The molecule has 0 bridgehead atoms. The minimum Gasteiger partial charge on any atom is -0.204 e. The molecule has 0 aliphatic heterocycles. The van der Waals surface area contributed by atoms with Crippen LogP contribution >= 0.6 is 0 Å². The van der Waals surface area contributed by atoms with E-state index in [1.54, 1.807) is 6.07 Å². The predicted octanol–water partition coefficient (Wildman–Crippen LogP) is 8.48. The smallest absolute Gasteiger partial charge is 0.162 e. The first-order chi connectivity index (χ1) is 14.7. The van der Waals surface area contributed by atoms with Crippen LogP contribution in [0.15, 0.2) is 36.4 Å². The van der Waals surface area contributed by atoms with Gasteiger partial charge in [0, 0.05) is 0 Å². The summed E-state index contributed by atoms with van der Waals surface area (Å²) >= 11 is 0. The predicted molar refractivity (Wildman–Crippen MR) is 121 cm³/mol. The first-order valence-electron chi connectivity index (χ1n) is 12.2. The first-order valence-corrected chi connectivity index (χ1v) is 12.2. The summed E-state index contributed by atoms with van der Waals surface area (Å²) in [6.07, 6.45) is 14.8. The van der Waals surface area contributed by atoms with Gasteiger partial charge in [-0.3, -0.25) is 0 Å². The first kappa shape index (κ1) is 21.5. The largest absolute Gasteiger partial charge is 0.204 e. The van der Waals surface area contributed by atoms with Crippen LogP contribution in [0.2, 0.25) is 0 Å². The second kappa shape index (κ2) is 10.1. The van der Waals surface area contributed by atoms with Crippen LogP contribution in [0.4, 0.5) is 8.78 Å². The summed E-state index contributed by atoms with van der Waals surface area (Å²) in [4.78, 5) is 0. The van der Waals surface area contributed by atoms with Gasteiger partial charge >= 0.3 is 0 Å². The van der Waals surface area contributed by atoms with Crippen LogP contribution in [0.3, 0.4) is 0 Å². The number of rotatable bonds is 7. The third-order valence-corrected chi connectivity index (χ3v) is 7.69.